The van der Waals surface area contributed by atoms with Crippen LogP contribution in [-0.4, -0.2) is 20.9 Å². The lowest BCUT2D eigenvalue weighted by atomic mass is 10.2. The summed E-state index contributed by atoms with van der Waals surface area (Å²) in [6.45, 7) is 1.23. The fraction of sp³-hybridized carbons (Fsp3) is 0.167. The van der Waals surface area contributed by atoms with Crippen molar-refractivity contribution in [2.45, 2.75) is 17.1 Å². The number of rotatable bonds is 6. The average molecular weight is 456 g/mol. The van der Waals surface area contributed by atoms with Crippen molar-refractivity contribution in [2.24, 2.45) is 0 Å². The smallest absolute Gasteiger partial charge is 0.287 e. The van der Waals surface area contributed by atoms with Gasteiger partial charge in [0.1, 0.15) is 16.8 Å². The zero-order valence-corrected chi connectivity index (χ0v) is 16.5. The maximum atomic E-state index is 13.5. The highest BCUT2D eigenvalue weighted by atomic mass is 79.9. The summed E-state index contributed by atoms with van der Waals surface area (Å²) in [6.07, 6.45) is 1.35. The molecule has 0 radical (unpaired) electrons. The number of carbonyl (C=O) groups excluding carboxylic acids is 1. The molecule has 142 valence electrons. The second kappa shape index (κ2) is 7.69. The molecule has 1 amide bonds. The molecule has 27 heavy (non-hydrogen) atoms. The number of aryl methyl sites for hydroxylation is 1. The van der Waals surface area contributed by atoms with E-state index in [2.05, 4.69) is 21.2 Å². The number of benzene rings is 1. The van der Waals surface area contributed by atoms with Gasteiger partial charge in [0.05, 0.1) is 11.2 Å². The zero-order valence-electron chi connectivity index (χ0n) is 14.1. The molecule has 0 bridgehead atoms. The molecule has 1 unspecified atom stereocenters. The summed E-state index contributed by atoms with van der Waals surface area (Å²) in [5.74, 6) is -0.865. The second-order valence-corrected chi connectivity index (χ2v) is 8.69. The molecule has 0 fully saturated rings. The van der Waals surface area contributed by atoms with Crippen LogP contribution in [0.5, 0.6) is 0 Å². The van der Waals surface area contributed by atoms with Crippen LogP contribution in [-0.2, 0) is 9.84 Å². The lowest BCUT2D eigenvalue weighted by molar-refractivity contribution is 0.0924. The summed E-state index contributed by atoms with van der Waals surface area (Å²) in [4.78, 5) is 12.1. The molecule has 3 aromatic rings. The highest BCUT2D eigenvalue weighted by Gasteiger charge is 2.32. The Labute approximate surface area is 163 Å². The fourth-order valence-electron chi connectivity index (χ4n) is 2.50. The Hall–Kier alpha value is -2.39. The molecule has 0 saturated carbocycles. The number of nitrogens with one attached hydrogen (secondary N) is 1. The second-order valence-electron chi connectivity index (χ2n) is 5.77. The third-order valence-corrected chi connectivity index (χ3v) is 6.42. The lowest BCUT2D eigenvalue weighted by Crippen LogP contribution is -2.31. The van der Waals surface area contributed by atoms with Crippen molar-refractivity contribution in [2.75, 3.05) is 6.54 Å². The minimum atomic E-state index is -3.95. The molecule has 3 rings (SSSR count). The largest absolute Gasteiger partial charge is 0.468 e. The molecule has 6 nitrogen and oxygen atoms in total. The van der Waals surface area contributed by atoms with Gasteiger partial charge in [-0.15, -0.1) is 0 Å². The quantitative estimate of drug-likeness (QED) is 0.566. The molecule has 2 heterocycles. The number of amides is 1. The van der Waals surface area contributed by atoms with Gasteiger partial charge in [0.2, 0.25) is 0 Å². The molecule has 0 spiro atoms. The van der Waals surface area contributed by atoms with Gasteiger partial charge in [-0.25, -0.2) is 12.8 Å². The monoisotopic (exact) mass is 455 g/mol. The molecular formula is C18H15BrFNO5S. The van der Waals surface area contributed by atoms with E-state index < -0.39 is 26.8 Å². The van der Waals surface area contributed by atoms with Gasteiger partial charge in [-0.05, 0) is 70.9 Å². The van der Waals surface area contributed by atoms with Gasteiger partial charge in [-0.3, -0.25) is 4.79 Å². The topological polar surface area (TPSA) is 89.5 Å². The molecule has 2 aromatic heterocycles. The molecule has 1 N–H and O–H groups in total. The van der Waals surface area contributed by atoms with E-state index >= 15 is 0 Å². The molecule has 0 aliphatic heterocycles. The van der Waals surface area contributed by atoms with Crippen LogP contribution in [0.4, 0.5) is 4.39 Å². The Kier molecular flexibility index (Phi) is 5.52. The van der Waals surface area contributed by atoms with Crippen LogP contribution in [0.25, 0.3) is 0 Å². The van der Waals surface area contributed by atoms with Crippen LogP contribution in [0, 0.1) is 12.7 Å². The minimum Gasteiger partial charge on any atom is -0.468 e. The highest BCUT2D eigenvalue weighted by molar-refractivity contribution is 9.10. The summed E-state index contributed by atoms with van der Waals surface area (Å²) in [7, 11) is -3.95. The standard InChI is InChI=1S/C18H15BrFNO5S/c1-11-9-12(4-5-13(11)20)27(23,24)16(14-3-2-8-25-14)10-21-18(22)15-6-7-17(19)26-15/h2-9,16H,10H2,1H3,(H,21,22). The number of hydrogen-bond donors (Lipinski definition) is 1. The van der Waals surface area contributed by atoms with Gasteiger partial charge in [0, 0.05) is 6.54 Å². The van der Waals surface area contributed by atoms with Crippen LogP contribution < -0.4 is 5.32 Å². The number of furan rings is 2. The van der Waals surface area contributed by atoms with E-state index in [4.69, 9.17) is 8.83 Å². The first-order valence-corrected chi connectivity index (χ1v) is 10.2. The Morgan fingerprint density at radius 2 is 2.04 bits per heavy atom. The van der Waals surface area contributed by atoms with Crippen molar-refractivity contribution < 1.29 is 26.4 Å². The summed E-state index contributed by atoms with van der Waals surface area (Å²) in [6, 6.07) is 9.62. The lowest BCUT2D eigenvalue weighted by Gasteiger charge is -2.17. The van der Waals surface area contributed by atoms with Crippen molar-refractivity contribution in [1.29, 1.82) is 0 Å². The summed E-state index contributed by atoms with van der Waals surface area (Å²) < 4.78 is 50.5. The van der Waals surface area contributed by atoms with E-state index in [-0.39, 0.29) is 28.5 Å². The van der Waals surface area contributed by atoms with Gasteiger partial charge in [0.25, 0.3) is 5.91 Å². The first-order valence-electron chi connectivity index (χ1n) is 7.86. The van der Waals surface area contributed by atoms with Crippen molar-refractivity contribution >= 4 is 31.7 Å². The molecular weight excluding hydrogens is 441 g/mol. The van der Waals surface area contributed by atoms with Crippen molar-refractivity contribution in [1.82, 2.24) is 5.32 Å². The Balaban J connectivity index is 1.89. The third-order valence-electron chi connectivity index (χ3n) is 3.94. The Bertz CT molecular complexity index is 1060. The predicted molar refractivity (Wildman–Crippen MR) is 98.5 cm³/mol. The number of hydrogen-bond acceptors (Lipinski definition) is 5. The zero-order chi connectivity index (χ0) is 19.6. The number of halogens is 2. The molecule has 1 atom stereocenters. The van der Waals surface area contributed by atoms with E-state index in [0.717, 1.165) is 6.07 Å². The SMILES string of the molecule is Cc1cc(S(=O)(=O)C(CNC(=O)c2ccc(Br)o2)c2ccco2)ccc1F. The normalized spacial score (nSPS) is 12.7. The Morgan fingerprint density at radius 1 is 1.26 bits per heavy atom. The average Bonchev–Trinajstić information content (AvgIpc) is 3.29. The van der Waals surface area contributed by atoms with E-state index in [9.17, 15) is 17.6 Å². The van der Waals surface area contributed by atoms with Crippen molar-refractivity contribution in [3.63, 3.8) is 0 Å². The maximum Gasteiger partial charge on any atom is 0.287 e. The molecule has 0 aliphatic rings. The predicted octanol–water partition coefficient (Wildman–Crippen LogP) is 4.03. The van der Waals surface area contributed by atoms with E-state index in [1.807, 2.05) is 0 Å². The molecule has 1 aromatic carbocycles. The van der Waals surface area contributed by atoms with Crippen LogP contribution in [0.2, 0.25) is 0 Å². The third kappa shape index (κ3) is 4.14. The first-order chi connectivity index (χ1) is 12.8. The van der Waals surface area contributed by atoms with E-state index in [1.165, 1.54) is 37.5 Å². The minimum absolute atomic E-state index is 0.0371. The van der Waals surface area contributed by atoms with E-state index in [1.54, 1.807) is 12.1 Å². The molecule has 9 heteroatoms. The first kappa shape index (κ1) is 19.4. The van der Waals surface area contributed by atoms with Gasteiger partial charge >= 0.3 is 0 Å². The number of sulfone groups is 1. The highest BCUT2D eigenvalue weighted by Crippen LogP contribution is 2.30. The van der Waals surface area contributed by atoms with Crippen LogP contribution >= 0.6 is 15.9 Å². The van der Waals surface area contributed by atoms with Gasteiger partial charge in [-0.1, -0.05) is 0 Å². The number of carbonyl (C=O) groups is 1. The summed E-state index contributed by atoms with van der Waals surface area (Å²) in [5.41, 5.74) is 0.207. The van der Waals surface area contributed by atoms with Gasteiger partial charge in [0.15, 0.2) is 20.3 Å². The van der Waals surface area contributed by atoms with Crippen LogP contribution in [0.15, 0.2) is 67.1 Å². The Morgan fingerprint density at radius 3 is 2.63 bits per heavy atom. The van der Waals surface area contributed by atoms with Gasteiger partial charge < -0.3 is 14.2 Å². The van der Waals surface area contributed by atoms with Crippen molar-refractivity contribution in [3.8, 4) is 0 Å². The van der Waals surface area contributed by atoms with Crippen LogP contribution in [0.3, 0.4) is 0 Å². The van der Waals surface area contributed by atoms with Gasteiger partial charge in [-0.2, -0.15) is 0 Å². The van der Waals surface area contributed by atoms with Crippen molar-refractivity contribution in [3.05, 3.63) is 76.3 Å². The van der Waals surface area contributed by atoms with E-state index in [0.29, 0.717) is 4.67 Å². The summed E-state index contributed by atoms with van der Waals surface area (Å²) in [5, 5.41) is 1.35. The molecule has 0 aliphatic carbocycles. The summed E-state index contributed by atoms with van der Waals surface area (Å²) >= 11 is 3.10. The van der Waals surface area contributed by atoms with Crippen LogP contribution in [0.1, 0.15) is 27.1 Å². The molecule has 0 saturated heterocycles. The fourth-order valence-corrected chi connectivity index (χ4v) is 4.48. The maximum absolute atomic E-state index is 13.5.